The molecule has 0 unspecified atom stereocenters. The minimum absolute atomic E-state index is 0.255. The lowest BCUT2D eigenvalue weighted by molar-refractivity contribution is -0.111. The number of benzene rings is 2. The molecule has 1 amide bonds. The van der Waals surface area contributed by atoms with E-state index in [1.165, 1.54) is 17.4 Å². The monoisotopic (exact) mass is 449 g/mol. The van der Waals surface area contributed by atoms with Gasteiger partial charge in [0.25, 0.3) is 0 Å². The molecule has 0 aliphatic carbocycles. The van der Waals surface area contributed by atoms with Gasteiger partial charge in [0, 0.05) is 22.6 Å². The van der Waals surface area contributed by atoms with Crippen molar-refractivity contribution in [1.29, 1.82) is 0 Å². The third-order valence-corrected chi connectivity index (χ3v) is 5.58. The molecule has 0 saturated carbocycles. The molecule has 0 saturated heterocycles. The van der Waals surface area contributed by atoms with Crippen molar-refractivity contribution in [3.63, 3.8) is 0 Å². The van der Waals surface area contributed by atoms with E-state index < -0.39 is 5.97 Å². The Bertz CT molecular complexity index is 1070. The zero-order valence-corrected chi connectivity index (χ0v) is 19.1. The van der Waals surface area contributed by atoms with Gasteiger partial charge >= 0.3 is 5.97 Å². The molecule has 2 aromatic carbocycles. The molecule has 32 heavy (non-hydrogen) atoms. The van der Waals surface area contributed by atoms with Gasteiger partial charge < -0.3 is 14.8 Å². The van der Waals surface area contributed by atoms with Crippen LogP contribution in [0.2, 0.25) is 0 Å². The zero-order valence-electron chi connectivity index (χ0n) is 18.3. The molecule has 0 aliphatic heterocycles. The lowest BCUT2D eigenvalue weighted by atomic mass is 10.0. The van der Waals surface area contributed by atoms with Gasteiger partial charge in [-0.25, -0.2) is 4.79 Å². The molecule has 0 spiro atoms. The van der Waals surface area contributed by atoms with Crippen molar-refractivity contribution >= 4 is 34.3 Å². The van der Waals surface area contributed by atoms with Crippen LogP contribution in [0.5, 0.6) is 5.75 Å². The van der Waals surface area contributed by atoms with E-state index >= 15 is 0 Å². The van der Waals surface area contributed by atoms with Crippen molar-refractivity contribution < 1.29 is 19.1 Å². The fraction of sp³-hybridized carbons (Fsp3) is 0.231. The number of para-hydroxylation sites is 1. The molecule has 3 aromatic rings. The van der Waals surface area contributed by atoms with Gasteiger partial charge in [-0.05, 0) is 31.1 Å². The number of anilines is 1. The summed E-state index contributed by atoms with van der Waals surface area (Å²) >= 11 is 1.30. The predicted molar refractivity (Wildman–Crippen MR) is 130 cm³/mol. The van der Waals surface area contributed by atoms with Crippen LogP contribution >= 0.6 is 11.3 Å². The van der Waals surface area contributed by atoms with Crippen LogP contribution in [-0.2, 0) is 9.53 Å². The van der Waals surface area contributed by atoms with E-state index in [1.54, 1.807) is 13.0 Å². The molecule has 0 bridgehead atoms. The molecule has 0 atom stereocenters. The summed E-state index contributed by atoms with van der Waals surface area (Å²) < 4.78 is 11.1. The highest BCUT2D eigenvalue weighted by Gasteiger charge is 2.22. The first-order chi connectivity index (χ1) is 15.6. The van der Waals surface area contributed by atoms with E-state index in [4.69, 9.17) is 9.47 Å². The van der Waals surface area contributed by atoms with Crippen LogP contribution in [0.1, 0.15) is 42.6 Å². The molecule has 5 nitrogen and oxygen atoms in total. The quantitative estimate of drug-likeness (QED) is 0.220. The maximum absolute atomic E-state index is 12.7. The van der Waals surface area contributed by atoms with E-state index in [0.717, 1.165) is 35.3 Å². The fourth-order valence-corrected chi connectivity index (χ4v) is 4.04. The van der Waals surface area contributed by atoms with Gasteiger partial charge in [-0.3, -0.25) is 4.79 Å². The largest absolute Gasteiger partial charge is 0.493 e. The van der Waals surface area contributed by atoms with Crippen LogP contribution in [0.25, 0.3) is 17.2 Å². The van der Waals surface area contributed by atoms with E-state index in [0.29, 0.717) is 17.2 Å². The number of carbonyl (C=O) groups excluding carboxylic acids is 2. The summed E-state index contributed by atoms with van der Waals surface area (Å²) in [4.78, 5) is 25.3. The average Bonchev–Trinajstić information content (AvgIpc) is 3.23. The van der Waals surface area contributed by atoms with Crippen LogP contribution in [-0.4, -0.2) is 25.1 Å². The van der Waals surface area contributed by atoms with Crippen LogP contribution in [0.4, 0.5) is 5.00 Å². The van der Waals surface area contributed by atoms with E-state index in [9.17, 15) is 9.59 Å². The highest BCUT2D eigenvalue weighted by Crippen LogP contribution is 2.36. The summed E-state index contributed by atoms with van der Waals surface area (Å²) in [6, 6.07) is 17.2. The lowest BCUT2D eigenvalue weighted by Gasteiger charge is -2.09. The molecule has 166 valence electrons. The predicted octanol–water partition coefficient (Wildman–Crippen LogP) is 6.42. The summed E-state index contributed by atoms with van der Waals surface area (Å²) in [7, 11) is 0. The second kappa shape index (κ2) is 11.9. The number of esters is 1. The first-order valence-corrected chi connectivity index (χ1v) is 11.6. The Kier molecular flexibility index (Phi) is 8.63. The Hall–Kier alpha value is -3.38. The van der Waals surface area contributed by atoms with E-state index in [2.05, 4.69) is 12.2 Å². The van der Waals surface area contributed by atoms with Crippen molar-refractivity contribution in [1.82, 2.24) is 0 Å². The Balaban J connectivity index is 1.80. The number of carbonyl (C=O) groups is 2. The minimum Gasteiger partial charge on any atom is -0.493 e. The maximum atomic E-state index is 12.7. The summed E-state index contributed by atoms with van der Waals surface area (Å²) in [6.45, 7) is 4.75. The number of hydrogen-bond donors (Lipinski definition) is 1. The molecule has 3 rings (SSSR count). The van der Waals surface area contributed by atoms with Gasteiger partial charge in [0.05, 0.1) is 13.2 Å². The fourth-order valence-electron chi connectivity index (χ4n) is 3.08. The number of nitrogens with one attached hydrogen (secondary N) is 1. The molecular weight excluding hydrogens is 422 g/mol. The molecule has 1 N–H and O–H groups in total. The highest BCUT2D eigenvalue weighted by atomic mass is 32.1. The van der Waals surface area contributed by atoms with Crippen molar-refractivity contribution in [3.05, 3.63) is 77.2 Å². The highest BCUT2D eigenvalue weighted by molar-refractivity contribution is 7.15. The second-order valence-corrected chi connectivity index (χ2v) is 7.88. The van der Waals surface area contributed by atoms with E-state index in [-0.39, 0.29) is 12.5 Å². The Labute approximate surface area is 192 Å². The van der Waals surface area contributed by atoms with Crippen LogP contribution in [0.3, 0.4) is 0 Å². The smallest absolute Gasteiger partial charge is 0.341 e. The van der Waals surface area contributed by atoms with Crippen LogP contribution in [0.15, 0.2) is 66.1 Å². The number of unbranched alkanes of at least 4 members (excludes halogenated alkanes) is 1. The van der Waals surface area contributed by atoms with Gasteiger partial charge in [0.1, 0.15) is 16.3 Å². The average molecular weight is 450 g/mol. The SMILES string of the molecule is CCCCOc1ccccc1/C=C/C(=O)Nc1scc(-c2ccccc2)c1C(=O)OCC. The number of rotatable bonds is 10. The maximum Gasteiger partial charge on any atom is 0.341 e. The summed E-state index contributed by atoms with van der Waals surface area (Å²) in [5, 5.41) is 5.15. The normalized spacial score (nSPS) is 10.8. The van der Waals surface area contributed by atoms with Crippen molar-refractivity contribution in [2.45, 2.75) is 26.7 Å². The number of ether oxygens (including phenoxy) is 2. The Morgan fingerprint density at radius 2 is 1.78 bits per heavy atom. The molecule has 1 aromatic heterocycles. The topological polar surface area (TPSA) is 64.6 Å². The summed E-state index contributed by atoms with van der Waals surface area (Å²) in [5.41, 5.74) is 2.82. The van der Waals surface area contributed by atoms with Crippen molar-refractivity contribution in [3.8, 4) is 16.9 Å². The number of amides is 1. The molecule has 0 fully saturated rings. The molecule has 6 heteroatoms. The van der Waals surface area contributed by atoms with Gasteiger partial charge in [0.15, 0.2) is 0 Å². The summed E-state index contributed by atoms with van der Waals surface area (Å²) in [6.07, 6.45) is 5.18. The number of thiophene rings is 1. The van der Waals surface area contributed by atoms with Gasteiger partial charge in [0.2, 0.25) is 5.91 Å². The van der Waals surface area contributed by atoms with Gasteiger partial charge in [-0.2, -0.15) is 0 Å². The standard InChI is InChI=1S/C26H27NO4S/c1-3-5-17-31-22-14-10-9-13-20(22)15-16-23(28)27-25-24(26(29)30-4-2)21(18-32-25)19-11-7-6-8-12-19/h6-16,18H,3-5,17H2,1-2H3,(H,27,28)/b16-15+. The van der Waals surface area contributed by atoms with Gasteiger partial charge in [-0.1, -0.05) is 61.9 Å². The Morgan fingerprint density at radius 3 is 2.53 bits per heavy atom. The third kappa shape index (κ3) is 6.08. The third-order valence-electron chi connectivity index (χ3n) is 4.68. The minimum atomic E-state index is -0.457. The van der Waals surface area contributed by atoms with E-state index in [1.807, 2.05) is 60.0 Å². The summed E-state index contributed by atoms with van der Waals surface area (Å²) in [5.74, 6) is -0.0541. The molecule has 1 heterocycles. The first kappa shape index (κ1) is 23.3. The van der Waals surface area contributed by atoms with Crippen LogP contribution < -0.4 is 10.1 Å². The lowest BCUT2D eigenvalue weighted by Crippen LogP contribution is -2.12. The van der Waals surface area contributed by atoms with Gasteiger partial charge in [-0.15, -0.1) is 11.3 Å². The molecule has 0 radical (unpaired) electrons. The first-order valence-electron chi connectivity index (χ1n) is 10.7. The Morgan fingerprint density at radius 1 is 1.03 bits per heavy atom. The van der Waals surface area contributed by atoms with Crippen LogP contribution in [0, 0.1) is 0 Å². The van der Waals surface area contributed by atoms with Crippen molar-refractivity contribution in [2.75, 3.05) is 18.5 Å². The number of hydrogen-bond acceptors (Lipinski definition) is 5. The molecular formula is C26H27NO4S. The second-order valence-electron chi connectivity index (χ2n) is 7.00. The molecule has 0 aliphatic rings. The van der Waals surface area contributed by atoms with Crippen molar-refractivity contribution in [2.24, 2.45) is 0 Å². The zero-order chi connectivity index (χ0) is 22.8.